The van der Waals surface area contributed by atoms with Crippen molar-refractivity contribution in [2.75, 3.05) is 13.1 Å². The van der Waals surface area contributed by atoms with Crippen molar-refractivity contribution in [2.24, 2.45) is 0 Å². The molecule has 5 heteroatoms. The van der Waals surface area contributed by atoms with Crippen LogP contribution in [0.3, 0.4) is 0 Å². The molecule has 3 rings (SSSR count). The van der Waals surface area contributed by atoms with E-state index in [-0.39, 0.29) is 11.9 Å². The van der Waals surface area contributed by atoms with Crippen LogP contribution in [0.15, 0.2) is 30.3 Å². The Hall–Kier alpha value is -2.14. The summed E-state index contributed by atoms with van der Waals surface area (Å²) in [5.74, 6) is 0.189. The van der Waals surface area contributed by atoms with Crippen LogP contribution in [0, 0.1) is 0 Å². The van der Waals surface area contributed by atoms with Crippen LogP contribution in [-0.4, -0.2) is 44.6 Å². The summed E-state index contributed by atoms with van der Waals surface area (Å²) in [6.07, 6.45) is 2.69. The van der Waals surface area contributed by atoms with Gasteiger partial charge in [0, 0.05) is 37.5 Å². The summed E-state index contributed by atoms with van der Waals surface area (Å²) >= 11 is 0. The predicted octanol–water partition coefficient (Wildman–Crippen LogP) is 3.79. The van der Waals surface area contributed by atoms with Crippen molar-refractivity contribution in [2.45, 2.75) is 66.1 Å². The van der Waals surface area contributed by atoms with Gasteiger partial charge in [-0.2, -0.15) is 5.10 Å². The Bertz CT molecular complexity index is 766. The summed E-state index contributed by atoms with van der Waals surface area (Å²) < 4.78 is 2.10. The van der Waals surface area contributed by atoms with Crippen LogP contribution in [0.25, 0.3) is 5.69 Å². The number of carbonyl (C=O) groups excluding carboxylic acids is 1. The molecule has 0 N–H and O–H groups in total. The zero-order chi connectivity index (χ0) is 19.4. The monoisotopic (exact) mass is 368 g/mol. The van der Waals surface area contributed by atoms with Gasteiger partial charge in [0.1, 0.15) is 0 Å². The first-order valence-corrected chi connectivity index (χ1v) is 10.2. The fraction of sp³-hybridized carbons (Fsp3) is 0.545. The van der Waals surface area contributed by atoms with Gasteiger partial charge < -0.3 is 4.90 Å². The highest BCUT2D eigenvalue weighted by molar-refractivity contribution is 5.76. The van der Waals surface area contributed by atoms with Gasteiger partial charge in [-0.3, -0.25) is 9.69 Å². The lowest BCUT2D eigenvalue weighted by Crippen LogP contribution is -2.37. The van der Waals surface area contributed by atoms with E-state index in [0.717, 1.165) is 43.9 Å². The second-order valence-corrected chi connectivity index (χ2v) is 7.61. The summed E-state index contributed by atoms with van der Waals surface area (Å²) in [6, 6.07) is 10.5. The summed E-state index contributed by atoms with van der Waals surface area (Å²) in [4.78, 5) is 16.9. The van der Waals surface area contributed by atoms with Gasteiger partial charge in [-0.05, 0) is 38.9 Å². The molecular weight excluding hydrogens is 336 g/mol. The average molecular weight is 369 g/mol. The third kappa shape index (κ3) is 4.24. The first-order valence-electron chi connectivity index (χ1n) is 10.2. The SMILES string of the molecule is CCCN1CCc2c(c(CN(C(=O)CC)C(C)C)nn2-c2ccccc2)C1. The largest absolute Gasteiger partial charge is 0.334 e. The number of carbonyl (C=O) groups is 1. The third-order valence-electron chi connectivity index (χ3n) is 5.33. The summed E-state index contributed by atoms with van der Waals surface area (Å²) in [7, 11) is 0. The number of aromatic nitrogens is 2. The molecule has 1 aliphatic heterocycles. The van der Waals surface area contributed by atoms with E-state index in [4.69, 9.17) is 5.10 Å². The number of rotatable bonds is 7. The molecule has 0 saturated carbocycles. The highest BCUT2D eigenvalue weighted by Crippen LogP contribution is 2.27. The van der Waals surface area contributed by atoms with Crippen molar-refractivity contribution < 1.29 is 4.79 Å². The lowest BCUT2D eigenvalue weighted by Gasteiger charge is -2.29. The van der Waals surface area contributed by atoms with Crippen molar-refractivity contribution in [3.8, 4) is 5.69 Å². The fourth-order valence-corrected chi connectivity index (χ4v) is 3.88. The van der Waals surface area contributed by atoms with Crippen LogP contribution in [0.4, 0.5) is 0 Å². The van der Waals surface area contributed by atoms with Gasteiger partial charge in [0.15, 0.2) is 0 Å². The minimum Gasteiger partial charge on any atom is -0.334 e. The van der Waals surface area contributed by atoms with E-state index in [0.29, 0.717) is 13.0 Å². The summed E-state index contributed by atoms with van der Waals surface area (Å²) in [6.45, 7) is 12.0. The van der Waals surface area contributed by atoms with Gasteiger partial charge in [0.2, 0.25) is 5.91 Å². The van der Waals surface area contributed by atoms with Crippen molar-refractivity contribution in [1.29, 1.82) is 0 Å². The minimum atomic E-state index is 0.172. The van der Waals surface area contributed by atoms with Gasteiger partial charge in [-0.15, -0.1) is 0 Å². The molecule has 1 aromatic heterocycles. The lowest BCUT2D eigenvalue weighted by molar-refractivity contribution is -0.133. The van der Waals surface area contributed by atoms with E-state index >= 15 is 0 Å². The first kappa shape index (κ1) is 19.6. The van der Waals surface area contributed by atoms with Crippen molar-refractivity contribution in [3.05, 3.63) is 47.3 Å². The third-order valence-corrected chi connectivity index (χ3v) is 5.33. The molecule has 0 bridgehead atoms. The van der Waals surface area contributed by atoms with Gasteiger partial charge >= 0.3 is 0 Å². The van der Waals surface area contributed by atoms with E-state index in [1.807, 2.05) is 17.9 Å². The van der Waals surface area contributed by atoms with Crippen molar-refractivity contribution in [1.82, 2.24) is 19.6 Å². The number of benzene rings is 1. The molecule has 2 aromatic rings. The van der Waals surface area contributed by atoms with Gasteiger partial charge in [-0.25, -0.2) is 4.68 Å². The van der Waals surface area contributed by atoms with Crippen LogP contribution in [-0.2, 0) is 24.3 Å². The molecule has 146 valence electrons. The number of hydrogen-bond donors (Lipinski definition) is 0. The number of hydrogen-bond acceptors (Lipinski definition) is 3. The Morgan fingerprint density at radius 3 is 2.59 bits per heavy atom. The number of nitrogens with zero attached hydrogens (tertiary/aromatic N) is 4. The lowest BCUT2D eigenvalue weighted by atomic mass is 10.0. The standard InChI is InChI=1S/C22H32N4O/c1-5-13-24-14-12-21-19(15-24)20(16-25(17(3)4)22(27)6-2)23-26(21)18-10-8-7-9-11-18/h7-11,17H,5-6,12-16H2,1-4H3. The smallest absolute Gasteiger partial charge is 0.222 e. The normalized spacial score (nSPS) is 14.4. The maximum atomic E-state index is 12.5. The molecule has 0 aliphatic carbocycles. The number of fused-ring (bicyclic) bond motifs is 1. The highest BCUT2D eigenvalue weighted by Gasteiger charge is 2.27. The molecule has 1 amide bonds. The zero-order valence-corrected chi connectivity index (χ0v) is 17.1. The number of para-hydroxylation sites is 1. The van der Waals surface area contributed by atoms with E-state index in [9.17, 15) is 4.79 Å². The molecule has 0 fully saturated rings. The topological polar surface area (TPSA) is 41.4 Å². The average Bonchev–Trinajstić information content (AvgIpc) is 3.04. The van der Waals surface area contributed by atoms with Crippen LogP contribution in [0.1, 0.15) is 57.5 Å². The maximum Gasteiger partial charge on any atom is 0.222 e. The molecular formula is C22H32N4O. The van der Waals surface area contributed by atoms with Gasteiger partial charge in [-0.1, -0.05) is 32.0 Å². The van der Waals surface area contributed by atoms with E-state index in [1.165, 1.54) is 11.3 Å². The Morgan fingerprint density at radius 2 is 1.96 bits per heavy atom. The molecule has 5 nitrogen and oxygen atoms in total. The molecule has 0 atom stereocenters. The Balaban J connectivity index is 2.00. The Morgan fingerprint density at radius 1 is 1.22 bits per heavy atom. The Labute approximate surface area is 163 Å². The Kier molecular flexibility index (Phi) is 6.32. The van der Waals surface area contributed by atoms with Crippen LogP contribution in [0.5, 0.6) is 0 Å². The highest BCUT2D eigenvalue weighted by atomic mass is 16.2. The first-order chi connectivity index (χ1) is 13.0. The van der Waals surface area contributed by atoms with E-state index in [1.54, 1.807) is 0 Å². The van der Waals surface area contributed by atoms with Gasteiger partial charge in [0.05, 0.1) is 23.6 Å². The van der Waals surface area contributed by atoms with Gasteiger partial charge in [0.25, 0.3) is 0 Å². The molecule has 2 heterocycles. The molecule has 27 heavy (non-hydrogen) atoms. The van der Waals surface area contributed by atoms with E-state index in [2.05, 4.69) is 54.6 Å². The molecule has 0 saturated heterocycles. The molecule has 0 radical (unpaired) electrons. The fourth-order valence-electron chi connectivity index (χ4n) is 3.88. The van der Waals surface area contributed by atoms with Crippen molar-refractivity contribution in [3.63, 3.8) is 0 Å². The predicted molar refractivity (Wildman–Crippen MR) is 109 cm³/mol. The van der Waals surface area contributed by atoms with Crippen LogP contribution >= 0.6 is 0 Å². The quantitative estimate of drug-likeness (QED) is 0.747. The molecule has 1 aliphatic rings. The zero-order valence-electron chi connectivity index (χ0n) is 17.1. The second kappa shape index (κ2) is 8.70. The van der Waals surface area contributed by atoms with Crippen LogP contribution < -0.4 is 0 Å². The second-order valence-electron chi connectivity index (χ2n) is 7.61. The van der Waals surface area contributed by atoms with E-state index < -0.39 is 0 Å². The summed E-state index contributed by atoms with van der Waals surface area (Å²) in [5, 5.41) is 4.99. The maximum absolute atomic E-state index is 12.5. The number of amides is 1. The molecule has 0 unspecified atom stereocenters. The summed E-state index contributed by atoms with van der Waals surface area (Å²) in [5.41, 5.74) is 4.76. The van der Waals surface area contributed by atoms with Crippen molar-refractivity contribution >= 4 is 5.91 Å². The van der Waals surface area contributed by atoms with Crippen LogP contribution in [0.2, 0.25) is 0 Å². The minimum absolute atomic E-state index is 0.172. The molecule has 1 aromatic carbocycles. The molecule has 0 spiro atoms.